The SMILES string of the molecule is CCc1nc(C)c(C(=O)N[C@H]2CCCCNC(=O)c3csc(n3)[C@H](Cc3ccccc3)NC(=O)[C@@H](CC)NC2=O)o1. The maximum absolute atomic E-state index is 13.5. The van der Waals surface area contributed by atoms with Crippen molar-refractivity contribution in [2.45, 2.75) is 77.4 Å². The zero-order valence-electron chi connectivity index (χ0n) is 23.5. The van der Waals surface area contributed by atoms with Gasteiger partial charge in [-0.3, -0.25) is 19.2 Å². The van der Waals surface area contributed by atoms with E-state index in [0.717, 1.165) is 5.56 Å². The van der Waals surface area contributed by atoms with Crippen molar-refractivity contribution < 1.29 is 23.6 Å². The maximum Gasteiger partial charge on any atom is 0.289 e. The number of nitrogens with one attached hydrogen (secondary N) is 4. The number of fused-ring (bicyclic) bond motifs is 2. The Morgan fingerprint density at radius 2 is 1.80 bits per heavy atom. The molecule has 4 amide bonds. The van der Waals surface area contributed by atoms with Gasteiger partial charge in [0, 0.05) is 18.3 Å². The highest BCUT2D eigenvalue weighted by Crippen LogP contribution is 2.23. The van der Waals surface area contributed by atoms with Crippen molar-refractivity contribution in [1.29, 1.82) is 0 Å². The summed E-state index contributed by atoms with van der Waals surface area (Å²) in [6, 6.07) is 7.40. The molecule has 4 N–H and O–H groups in total. The Bertz CT molecular complexity index is 1370. The molecule has 0 unspecified atom stereocenters. The van der Waals surface area contributed by atoms with Gasteiger partial charge in [-0.1, -0.05) is 44.2 Å². The first kappa shape index (κ1) is 29.9. The molecule has 41 heavy (non-hydrogen) atoms. The Morgan fingerprint density at radius 1 is 1.05 bits per heavy atom. The van der Waals surface area contributed by atoms with Gasteiger partial charge in [0.25, 0.3) is 11.8 Å². The van der Waals surface area contributed by atoms with E-state index in [2.05, 4.69) is 31.2 Å². The van der Waals surface area contributed by atoms with Crippen LogP contribution in [0.4, 0.5) is 0 Å². The second kappa shape index (κ2) is 14.0. The number of aryl methyl sites for hydroxylation is 2. The summed E-state index contributed by atoms with van der Waals surface area (Å²) in [5.74, 6) is -1.20. The number of aromatic nitrogens is 2. The average molecular weight is 581 g/mol. The third-order valence-electron chi connectivity index (χ3n) is 6.87. The molecule has 0 radical (unpaired) electrons. The number of hydrogen-bond donors (Lipinski definition) is 4. The molecule has 0 fully saturated rings. The van der Waals surface area contributed by atoms with Crippen molar-refractivity contribution in [2.24, 2.45) is 0 Å². The first-order valence-electron chi connectivity index (χ1n) is 13.9. The zero-order chi connectivity index (χ0) is 29.4. The van der Waals surface area contributed by atoms with Gasteiger partial charge in [-0.05, 0) is 44.6 Å². The second-order valence-electron chi connectivity index (χ2n) is 9.94. The monoisotopic (exact) mass is 580 g/mol. The molecule has 0 saturated heterocycles. The van der Waals surface area contributed by atoms with E-state index in [-0.39, 0.29) is 17.6 Å². The molecule has 1 aromatic carbocycles. The van der Waals surface area contributed by atoms with E-state index < -0.39 is 29.9 Å². The van der Waals surface area contributed by atoms with Gasteiger partial charge < -0.3 is 25.7 Å². The van der Waals surface area contributed by atoms with E-state index in [1.54, 1.807) is 19.2 Å². The van der Waals surface area contributed by atoms with Crippen LogP contribution in [0, 0.1) is 6.92 Å². The number of carbonyl (C=O) groups is 4. The van der Waals surface area contributed by atoms with Crippen molar-refractivity contribution in [2.75, 3.05) is 6.54 Å². The lowest BCUT2D eigenvalue weighted by molar-refractivity contribution is -0.130. The molecular weight excluding hydrogens is 544 g/mol. The number of thiazole rings is 1. The summed E-state index contributed by atoms with van der Waals surface area (Å²) in [7, 11) is 0. The van der Waals surface area contributed by atoms with Gasteiger partial charge in [-0.15, -0.1) is 11.3 Å². The maximum atomic E-state index is 13.5. The molecule has 1 aliphatic rings. The molecule has 218 valence electrons. The molecule has 3 atom stereocenters. The number of amides is 4. The normalized spacial score (nSPS) is 20.6. The number of oxazole rings is 1. The quantitative estimate of drug-likeness (QED) is 0.349. The van der Waals surface area contributed by atoms with Crippen LogP contribution in [-0.4, -0.2) is 52.2 Å². The fourth-order valence-electron chi connectivity index (χ4n) is 4.57. The first-order valence-corrected chi connectivity index (χ1v) is 14.8. The molecule has 0 spiro atoms. The average Bonchev–Trinajstić information content (AvgIpc) is 3.61. The molecule has 1 aliphatic heterocycles. The van der Waals surface area contributed by atoms with Gasteiger partial charge in [-0.25, -0.2) is 9.97 Å². The van der Waals surface area contributed by atoms with Gasteiger partial charge in [0.15, 0.2) is 5.89 Å². The standard InChI is InChI=1S/C29H36N6O5S/c1-4-19-26(37)34-21(15-18-11-7-6-8-12-18)29-35-22(16-41-29)25(36)30-14-10-9-13-20(27(38)32-19)33-28(39)24-17(3)31-23(5-2)40-24/h6-8,11-12,16,19-21H,4-5,9-10,13-15H2,1-3H3,(H,30,36)(H,32,38)(H,33,39)(H,34,37)/t19-,20+,21+/m1/s1. The Hall–Kier alpha value is -4.06. The minimum absolute atomic E-state index is 0.0598. The van der Waals surface area contributed by atoms with Crippen molar-refractivity contribution in [3.8, 4) is 0 Å². The van der Waals surface area contributed by atoms with Gasteiger partial charge in [-0.2, -0.15) is 0 Å². The van der Waals surface area contributed by atoms with Crippen molar-refractivity contribution >= 4 is 35.0 Å². The zero-order valence-corrected chi connectivity index (χ0v) is 24.3. The highest BCUT2D eigenvalue weighted by Gasteiger charge is 2.30. The Balaban J connectivity index is 1.57. The summed E-state index contributed by atoms with van der Waals surface area (Å²) in [6.45, 7) is 5.73. The lowest BCUT2D eigenvalue weighted by Crippen LogP contribution is -2.54. The van der Waals surface area contributed by atoms with Crippen LogP contribution in [0.25, 0.3) is 0 Å². The summed E-state index contributed by atoms with van der Waals surface area (Å²) < 4.78 is 5.57. The minimum atomic E-state index is -0.915. The highest BCUT2D eigenvalue weighted by molar-refractivity contribution is 7.09. The second-order valence-corrected chi connectivity index (χ2v) is 10.8. The van der Waals surface area contributed by atoms with E-state index in [0.29, 0.717) is 67.4 Å². The number of rotatable bonds is 6. The molecule has 3 heterocycles. The van der Waals surface area contributed by atoms with Crippen molar-refractivity contribution in [3.63, 3.8) is 0 Å². The van der Waals surface area contributed by atoms with Crippen molar-refractivity contribution in [1.82, 2.24) is 31.2 Å². The Kier molecular flexibility index (Phi) is 10.2. The predicted molar refractivity (Wildman–Crippen MR) is 153 cm³/mol. The fraction of sp³-hybridized carbons (Fsp3) is 0.448. The van der Waals surface area contributed by atoms with E-state index in [4.69, 9.17) is 4.42 Å². The number of carbonyl (C=O) groups excluding carboxylic acids is 4. The largest absolute Gasteiger partial charge is 0.435 e. The van der Waals surface area contributed by atoms with Crippen LogP contribution in [-0.2, 0) is 22.4 Å². The summed E-state index contributed by atoms with van der Waals surface area (Å²) >= 11 is 1.31. The van der Waals surface area contributed by atoms with Gasteiger partial charge in [0.1, 0.15) is 22.8 Å². The number of hydrogen-bond acceptors (Lipinski definition) is 8. The molecule has 0 aliphatic carbocycles. The third-order valence-corrected chi connectivity index (χ3v) is 7.83. The Labute approximate surface area is 242 Å². The van der Waals surface area contributed by atoms with Crippen molar-refractivity contribution in [3.05, 3.63) is 69.3 Å². The van der Waals surface area contributed by atoms with Crippen LogP contribution in [0.3, 0.4) is 0 Å². The van der Waals surface area contributed by atoms with E-state index in [9.17, 15) is 19.2 Å². The van der Waals surface area contributed by atoms with E-state index in [1.807, 2.05) is 37.3 Å². The summed E-state index contributed by atoms with van der Waals surface area (Å²) in [5, 5.41) is 13.8. The van der Waals surface area contributed by atoms with Crippen LogP contribution in [0.1, 0.15) is 88.8 Å². The topological polar surface area (TPSA) is 155 Å². The smallest absolute Gasteiger partial charge is 0.289 e. The van der Waals surface area contributed by atoms with Gasteiger partial charge in [0.2, 0.25) is 17.6 Å². The van der Waals surface area contributed by atoms with E-state index in [1.165, 1.54) is 11.3 Å². The predicted octanol–water partition coefficient (Wildman–Crippen LogP) is 3.01. The summed E-state index contributed by atoms with van der Waals surface area (Å²) in [6.07, 6.45) is 2.75. The highest BCUT2D eigenvalue weighted by atomic mass is 32.1. The van der Waals surface area contributed by atoms with Crippen LogP contribution in [0.2, 0.25) is 0 Å². The van der Waals surface area contributed by atoms with Gasteiger partial charge in [0.05, 0.1) is 11.7 Å². The molecule has 11 nitrogen and oxygen atoms in total. The van der Waals surface area contributed by atoms with Crippen LogP contribution in [0.15, 0.2) is 40.1 Å². The molecular formula is C29H36N6O5S. The lowest BCUT2D eigenvalue weighted by Gasteiger charge is -2.24. The van der Waals surface area contributed by atoms with E-state index >= 15 is 0 Å². The first-order chi connectivity index (χ1) is 19.8. The van der Waals surface area contributed by atoms with Crippen LogP contribution >= 0.6 is 11.3 Å². The summed E-state index contributed by atoms with van der Waals surface area (Å²) in [5.41, 5.74) is 1.72. The molecule has 2 aromatic heterocycles. The van der Waals surface area contributed by atoms with Gasteiger partial charge >= 0.3 is 0 Å². The molecule has 3 aromatic rings. The number of nitrogens with zero attached hydrogens (tertiary/aromatic N) is 2. The number of benzene rings is 1. The molecule has 4 rings (SSSR count). The Morgan fingerprint density at radius 3 is 2.51 bits per heavy atom. The molecule has 0 saturated carbocycles. The minimum Gasteiger partial charge on any atom is -0.435 e. The fourth-order valence-corrected chi connectivity index (χ4v) is 5.42. The lowest BCUT2D eigenvalue weighted by atomic mass is 10.0. The molecule has 2 bridgehead atoms. The third kappa shape index (κ3) is 7.78. The van der Waals surface area contributed by atoms with Crippen LogP contribution < -0.4 is 21.3 Å². The summed E-state index contributed by atoms with van der Waals surface area (Å²) in [4.78, 5) is 61.4. The molecule has 12 heteroatoms. The van der Waals surface area contributed by atoms with Crippen LogP contribution in [0.5, 0.6) is 0 Å².